The number of rotatable bonds is 4. The van der Waals surface area contributed by atoms with Gasteiger partial charge in [-0.1, -0.05) is 39.0 Å². The Morgan fingerprint density at radius 2 is 2.03 bits per heavy atom. The van der Waals surface area contributed by atoms with Gasteiger partial charge in [-0.2, -0.15) is 0 Å². The third kappa shape index (κ3) is 2.73. The van der Waals surface area contributed by atoms with Gasteiger partial charge in [-0.25, -0.2) is 0 Å². The average molecular weight is 431 g/mol. The van der Waals surface area contributed by atoms with Crippen LogP contribution in [0.4, 0.5) is 0 Å². The van der Waals surface area contributed by atoms with Crippen LogP contribution in [-0.2, 0) is 9.53 Å². The summed E-state index contributed by atoms with van der Waals surface area (Å²) in [6.07, 6.45) is 3.93. The van der Waals surface area contributed by atoms with E-state index in [9.17, 15) is 20.1 Å². The van der Waals surface area contributed by atoms with Gasteiger partial charge in [-0.15, -0.1) is 0 Å². The van der Waals surface area contributed by atoms with E-state index >= 15 is 0 Å². The Morgan fingerprint density at radius 1 is 1.39 bits per heavy atom. The summed E-state index contributed by atoms with van der Waals surface area (Å²) in [5.41, 5.74) is -0.965. The predicted molar refractivity (Wildman–Crippen MR) is 119 cm³/mol. The molecule has 0 saturated heterocycles. The van der Waals surface area contributed by atoms with Crippen molar-refractivity contribution in [1.82, 2.24) is 0 Å². The molecular weight excluding hydrogens is 392 g/mol. The number of aliphatic hydroxyl groups is 3. The van der Waals surface area contributed by atoms with Crippen LogP contribution >= 0.6 is 0 Å². The Balaban J connectivity index is 1.90. The molecule has 5 heteroatoms. The molecule has 2 saturated carbocycles. The highest BCUT2D eigenvalue weighted by Crippen LogP contribution is 2.71. The molecule has 0 aromatic heterocycles. The van der Waals surface area contributed by atoms with E-state index in [1.165, 1.54) is 0 Å². The third-order valence-corrected chi connectivity index (χ3v) is 9.33. The number of carbonyl (C=O) groups is 1. The summed E-state index contributed by atoms with van der Waals surface area (Å²) in [5, 5.41) is 34.0. The summed E-state index contributed by atoms with van der Waals surface area (Å²) in [6.45, 7) is 13.7. The first-order valence-electron chi connectivity index (χ1n) is 11.6. The number of allylic oxidation sites excluding steroid dienone is 2. The van der Waals surface area contributed by atoms with Crippen molar-refractivity contribution in [3.63, 3.8) is 0 Å². The van der Waals surface area contributed by atoms with E-state index in [2.05, 4.69) is 13.8 Å². The molecule has 0 aromatic carbocycles. The van der Waals surface area contributed by atoms with E-state index in [0.717, 1.165) is 17.6 Å². The second-order valence-electron chi connectivity index (χ2n) is 11.1. The van der Waals surface area contributed by atoms with Gasteiger partial charge in [-0.05, 0) is 74.0 Å². The average Bonchev–Trinajstić information content (AvgIpc) is 3.21. The van der Waals surface area contributed by atoms with Gasteiger partial charge >= 0.3 is 0 Å². The van der Waals surface area contributed by atoms with Crippen molar-refractivity contribution in [2.75, 3.05) is 6.61 Å². The SMILES string of the molecule is C/C=C(\C)C(C)O[C@H]1C(C)=C[C@]23C(=O)[C@H](C=C(CO)[C@@H](O)[C@]12O)[C@H]1[C@@H](C[C@H]3C)C1(C)C. The highest BCUT2D eigenvalue weighted by Gasteiger charge is 2.76. The summed E-state index contributed by atoms with van der Waals surface area (Å²) in [6, 6.07) is 0. The molecule has 5 nitrogen and oxygen atoms in total. The van der Waals surface area contributed by atoms with E-state index in [0.29, 0.717) is 11.5 Å². The van der Waals surface area contributed by atoms with Crippen molar-refractivity contribution in [2.45, 2.75) is 78.8 Å². The molecule has 4 aliphatic carbocycles. The number of carbonyl (C=O) groups excluding carboxylic acids is 1. The lowest BCUT2D eigenvalue weighted by Gasteiger charge is -2.49. The van der Waals surface area contributed by atoms with E-state index in [4.69, 9.17) is 4.74 Å². The summed E-state index contributed by atoms with van der Waals surface area (Å²) in [4.78, 5) is 14.3. The fraction of sp³-hybridized carbons (Fsp3) is 0.731. The lowest BCUT2D eigenvalue weighted by Crippen LogP contribution is -2.66. The van der Waals surface area contributed by atoms with Gasteiger partial charge < -0.3 is 20.1 Å². The minimum atomic E-state index is -1.86. The van der Waals surface area contributed by atoms with Gasteiger partial charge in [-0.3, -0.25) is 4.79 Å². The van der Waals surface area contributed by atoms with Crippen LogP contribution in [0, 0.1) is 34.5 Å². The van der Waals surface area contributed by atoms with Gasteiger partial charge in [0.2, 0.25) is 0 Å². The van der Waals surface area contributed by atoms with Crippen LogP contribution in [-0.4, -0.2) is 51.6 Å². The van der Waals surface area contributed by atoms with Crippen LogP contribution in [0.15, 0.2) is 34.9 Å². The van der Waals surface area contributed by atoms with Crippen LogP contribution in [0.5, 0.6) is 0 Å². The quantitative estimate of drug-likeness (QED) is 0.596. The van der Waals surface area contributed by atoms with Gasteiger partial charge in [0.25, 0.3) is 0 Å². The number of hydrogen-bond acceptors (Lipinski definition) is 5. The standard InChI is InChI=1S/C26H38O5/c1-8-13(2)16(5)31-23-14(3)11-25-15(4)9-19-20(24(19,6)7)18(22(25)29)10-17(12-27)21(28)26(23,25)30/h8,10-11,15-16,18-21,23,27-28,30H,9,12H2,1-7H3/b13-8+/t15-,16?,18-,19-,20+,21-,23+,25+,26+/m1/s1. The van der Waals surface area contributed by atoms with Crippen molar-refractivity contribution in [2.24, 2.45) is 34.5 Å². The van der Waals surface area contributed by atoms with Crippen LogP contribution in [0.25, 0.3) is 0 Å². The number of aliphatic hydroxyl groups excluding tert-OH is 2. The van der Waals surface area contributed by atoms with E-state index in [1.54, 1.807) is 6.08 Å². The van der Waals surface area contributed by atoms with Crippen LogP contribution in [0.2, 0.25) is 0 Å². The van der Waals surface area contributed by atoms with Crippen molar-refractivity contribution in [3.05, 3.63) is 34.9 Å². The summed E-state index contributed by atoms with van der Waals surface area (Å²) in [7, 11) is 0. The molecule has 1 unspecified atom stereocenters. The van der Waals surface area contributed by atoms with Crippen LogP contribution in [0.1, 0.15) is 54.9 Å². The number of ether oxygens (including phenoxy) is 1. The lowest BCUT2D eigenvalue weighted by atomic mass is 9.59. The number of hydrogen-bond donors (Lipinski definition) is 3. The van der Waals surface area contributed by atoms with Crippen LogP contribution in [0.3, 0.4) is 0 Å². The molecule has 172 valence electrons. The molecular formula is C26H38O5. The Hall–Kier alpha value is -1.27. The maximum Gasteiger partial charge on any atom is 0.153 e. The molecule has 4 aliphatic rings. The molecule has 0 radical (unpaired) electrons. The minimum absolute atomic E-state index is 0.0332. The van der Waals surface area contributed by atoms with Crippen LogP contribution < -0.4 is 0 Å². The molecule has 31 heavy (non-hydrogen) atoms. The zero-order valence-electron chi connectivity index (χ0n) is 19.8. The smallest absolute Gasteiger partial charge is 0.153 e. The maximum atomic E-state index is 14.3. The molecule has 1 spiro atoms. The molecule has 2 fully saturated rings. The number of Topliss-reactive ketones (excluding diaryl/α,β-unsaturated/α-hetero) is 1. The summed E-state index contributed by atoms with van der Waals surface area (Å²) < 4.78 is 6.36. The van der Waals surface area contributed by atoms with Gasteiger partial charge in [0.1, 0.15) is 17.8 Å². The molecule has 2 bridgehead atoms. The van der Waals surface area contributed by atoms with E-state index in [-0.39, 0.29) is 29.1 Å². The minimum Gasteiger partial charge on any atom is -0.392 e. The van der Waals surface area contributed by atoms with Gasteiger partial charge in [0, 0.05) is 5.92 Å². The molecule has 4 rings (SSSR count). The monoisotopic (exact) mass is 430 g/mol. The predicted octanol–water partition coefficient (Wildman–Crippen LogP) is 3.19. The first-order chi connectivity index (χ1) is 14.4. The molecule has 0 heterocycles. The highest BCUT2D eigenvalue weighted by atomic mass is 16.5. The van der Waals surface area contributed by atoms with Crippen molar-refractivity contribution >= 4 is 5.78 Å². The molecule has 0 amide bonds. The van der Waals surface area contributed by atoms with Crippen molar-refractivity contribution < 1.29 is 24.9 Å². The fourth-order valence-electron chi connectivity index (χ4n) is 7.17. The lowest BCUT2D eigenvalue weighted by molar-refractivity contribution is -0.204. The zero-order valence-corrected chi connectivity index (χ0v) is 19.8. The molecule has 9 atom stereocenters. The highest BCUT2D eigenvalue weighted by molar-refractivity contribution is 5.95. The van der Waals surface area contributed by atoms with Gasteiger partial charge in [0.15, 0.2) is 5.78 Å². The summed E-state index contributed by atoms with van der Waals surface area (Å²) >= 11 is 0. The third-order valence-electron chi connectivity index (χ3n) is 9.33. The maximum absolute atomic E-state index is 14.3. The first-order valence-corrected chi connectivity index (χ1v) is 11.6. The second kappa shape index (κ2) is 7.11. The zero-order chi connectivity index (χ0) is 23.1. The topological polar surface area (TPSA) is 87.0 Å². The molecule has 3 N–H and O–H groups in total. The first kappa shape index (κ1) is 22.9. The largest absolute Gasteiger partial charge is 0.392 e. The summed E-state index contributed by atoms with van der Waals surface area (Å²) in [5.74, 6) is -0.0792. The van der Waals surface area contributed by atoms with E-state index < -0.39 is 35.7 Å². The Bertz CT molecular complexity index is 882. The number of ketones is 1. The Kier molecular flexibility index (Phi) is 5.26. The number of fused-ring (bicyclic) bond motifs is 3. The normalized spacial score (nSPS) is 46.9. The Labute approximate surface area is 185 Å². The Morgan fingerprint density at radius 3 is 2.61 bits per heavy atom. The second-order valence-corrected chi connectivity index (χ2v) is 11.1. The van der Waals surface area contributed by atoms with Gasteiger partial charge in [0.05, 0.1) is 18.1 Å². The molecule has 0 aromatic rings. The van der Waals surface area contributed by atoms with E-state index in [1.807, 2.05) is 46.8 Å². The van der Waals surface area contributed by atoms with Crippen molar-refractivity contribution in [3.8, 4) is 0 Å². The fourth-order valence-corrected chi connectivity index (χ4v) is 7.17. The van der Waals surface area contributed by atoms with Crippen molar-refractivity contribution in [1.29, 1.82) is 0 Å². The molecule has 0 aliphatic heterocycles.